The van der Waals surface area contributed by atoms with E-state index in [2.05, 4.69) is 0 Å². The second-order valence-corrected chi connectivity index (χ2v) is 5.38. The number of nitrogens with zero attached hydrogens (tertiary/aromatic N) is 1. The SMILES string of the molecule is CCOC(=O)c1c(C#N)c2c(ccc3oc4ccccc4c32)oc1=O. The molecule has 0 fully saturated rings. The van der Waals surface area contributed by atoms with Crippen molar-refractivity contribution in [1.82, 2.24) is 0 Å². The highest BCUT2D eigenvalue weighted by atomic mass is 16.5. The van der Waals surface area contributed by atoms with E-state index in [-0.39, 0.29) is 17.8 Å². The van der Waals surface area contributed by atoms with Gasteiger partial charge in [-0.2, -0.15) is 5.26 Å². The van der Waals surface area contributed by atoms with E-state index >= 15 is 0 Å². The van der Waals surface area contributed by atoms with Gasteiger partial charge in [-0.1, -0.05) is 18.2 Å². The van der Waals surface area contributed by atoms with Crippen molar-refractivity contribution in [3.63, 3.8) is 0 Å². The fourth-order valence-corrected chi connectivity index (χ4v) is 3.01. The first kappa shape index (κ1) is 15.0. The number of fused-ring (bicyclic) bond motifs is 5. The molecule has 0 saturated carbocycles. The summed E-state index contributed by atoms with van der Waals surface area (Å²) in [6.45, 7) is 1.70. The summed E-state index contributed by atoms with van der Waals surface area (Å²) in [4.78, 5) is 24.4. The lowest BCUT2D eigenvalue weighted by Gasteiger charge is -2.06. The first-order valence-electron chi connectivity index (χ1n) is 7.64. The predicted molar refractivity (Wildman–Crippen MR) is 90.4 cm³/mol. The number of ether oxygens (including phenoxy) is 1. The number of furan rings is 1. The quantitative estimate of drug-likeness (QED) is 0.410. The molecule has 0 aliphatic rings. The summed E-state index contributed by atoms with van der Waals surface area (Å²) in [5.74, 6) is -0.875. The van der Waals surface area contributed by atoms with Crippen LogP contribution in [0.1, 0.15) is 22.8 Å². The zero-order valence-electron chi connectivity index (χ0n) is 13.2. The van der Waals surface area contributed by atoms with E-state index in [0.29, 0.717) is 21.9 Å². The average molecular weight is 333 g/mol. The summed E-state index contributed by atoms with van der Waals surface area (Å²) in [5.41, 5.74) is 0.0337. The zero-order chi connectivity index (χ0) is 17.6. The Morgan fingerprint density at radius 2 is 1.80 bits per heavy atom. The summed E-state index contributed by atoms with van der Waals surface area (Å²) >= 11 is 0. The van der Waals surface area contributed by atoms with Gasteiger partial charge in [0.1, 0.15) is 22.8 Å². The Hall–Kier alpha value is -3.59. The number of rotatable bonds is 2. The lowest BCUT2D eigenvalue weighted by atomic mass is 10.0. The smallest absolute Gasteiger partial charge is 0.352 e. The van der Waals surface area contributed by atoms with Gasteiger partial charge in [0.25, 0.3) is 0 Å². The van der Waals surface area contributed by atoms with Gasteiger partial charge in [-0.15, -0.1) is 0 Å². The first-order valence-corrected chi connectivity index (χ1v) is 7.64. The van der Waals surface area contributed by atoms with Crippen molar-refractivity contribution in [2.75, 3.05) is 6.61 Å². The van der Waals surface area contributed by atoms with E-state index in [4.69, 9.17) is 13.6 Å². The van der Waals surface area contributed by atoms with Crippen molar-refractivity contribution in [3.05, 3.63) is 57.9 Å². The van der Waals surface area contributed by atoms with Crippen molar-refractivity contribution >= 4 is 38.9 Å². The van der Waals surface area contributed by atoms with E-state index in [9.17, 15) is 14.9 Å². The molecule has 0 amide bonds. The summed E-state index contributed by atoms with van der Waals surface area (Å²) < 4.78 is 16.0. The molecule has 6 heteroatoms. The van der Waals surface area contributed by atoms with Gasteiger partial charge in [0.2, 0.25) is 0 Å². The molecule has 0 atom stereocenters. The fraction of sp³-hybridized carbons (Fsp3) is 0.105. The van der Waals surface area contributed by atoms with E-state index in [1.54, 1.807) is 25.1 Å². The van der Waals surface area contributed by atoms with Crippen LogP contribution in [0.3, 0.4) is 0 Å². The normalized spacial score (nSPS) is 11.0. The lowest BCUT2D eigenvalue weighted by molar-refractivity contribution is 0.0521. The molecule has 0 aliphatic carbocycles. The molecule has 122 valence electrons. The van der Waals surface area contributed by atoms with Crippen LogP contribution in [0.25, 0.3) is 32.9 Å². The maximum absolute atomic E-state index is 12.2. The Bertz CT molecular complexity index is 1260. The largest absolute Gasteiger partial charge is 0.462 e. The molecule has 6 nitrogen and oxygen atoms in total. The molecule has 2 aromatic heterocycles. The van der Waals surface area contributed by atoms with Crippen LogP contribution in [0.15, 0.2) is 50.0 Å². The molecular formula is C19H11NO5. The number of hydrogen-bond donors (Lipinski definition) is 0. The highest BCUT2D eigenvalue weighted by molar-refractivity contribution is 6.20. The Morgan fingerprint density at radius 1 is 1.08 bits per heavy atom. The highest BCUT2D eigenvalue weighted by Gasteiger charge is 2.25. The monoisotopic (exact) mass is 333 g/mol. The van der Waals surface area contributed by atoms with Gasteiger partial charge in [0.05, 0.1) is 12.2 Å². The third-order valence-corrected chi connectivity index (χ3v) is 4.00. The Balaban J connectivity index is 2.26. The molecule has 2 heterocycles. The maximum atomic E-state index is 12.2. The topological polar surface area (TPSA) is 93.4 Å². The van der Waals surface area contributed by atoms with Crippen LogP contribution >= 0.6 is 0 Å². The summed E-state index contributed by atoms with van der Waals surface area (Å²) in [6.07, 6.45) is 0. The zero-order valence-corrected chi connectivity index (χ0v) is 13.2. The van der Waals surface area contributed by atoms with Crippen LogP contribution < -0.4 is 5.63 Å². The van der Waals surface area contributed by atoms with E-state index in [0.717, 1.165) is 5.39 Å². The van der Waals surface area contributed by atoms with Gasteiger partial charge in [-0.3, -0.25) is 0 Å². The van der Waals surface area contributed by atoms with Crippen LogP contribution in [-0.2, 0) is 4.74 Å². The molecule has 2 aromatic carbocycles. The van der Waals surface area contributed by atoms with Crippen LogP contribution in [0.4, 0.5) is 0 Å². The molecule has 4 aromatic rings. The van der Waals surface area contributed by atoms with Gasteiger partial charge in [0.15, 0.2) is 5.56 Å². The summed E-state index contributed by atoms with van der Waals surface area (Å²) in [5, 5.41) is 11.4. The predicted octanol–water partition coefficient (Wildman–Crippen LogP) is 3.74. The van der Waals surface area contributed by atoms with E-state index < -0.39 is 17.2 Å². The minimum Gasteiger partial charge on any atom is -0.462 e. The van der Waals surface area contributed by atoms with Crippen molar-refractivity contribution in [1.29, 1.82) is 5.26 Å². The Labute approximate surface area is 140 Å². The Kier molecular flexibility index (Phi) is 3.29. The number of nitriles is 1. The number of para-hydroxylation sites is 1. The fourth-order valence-electron chi connectivity index (χ4n) is 3.01. The van der Waals surface area contributed by atoms with E-state index in [1.807, 2.05) is 24.3 Å². The van der Waals surface area contributed by atoms with Crippen molar-refractivity contribution in [2.24, 2.45) is 0 Å². The van der Waals surface area contributed by atoms with Crippen LogP contribution in [0.2, 0.25) is 0 Å². The van der Waals surface area contributed by atoms with Crippen molar-refractivity contribution < 1.29 is 18.4 Å². The third-order valence-electron chi connectivity index (χ3n) is 4.00. The van der Waals surface area contributed by atoms with Gasteiger partial charge in [-0.05, 0) is 25.1 Å². The molecule has 0 bridgehead atoms. The number of hydrogen-bond acceptors (Lipinski definition) is 6. The molecule has 0 N–H and O–H groups in total. The number of benzene rings is 2. The van der Waals surface area contributed by atoms with Crippen LogP contribution in [0, 0.1) is 11.3 Å². The first-order chi connectivity index (χ1) is 12.2. The third kappa shape index (κ3) is 2.10. The minimum absolute atomic E-state index is 0.0677. The number of carbonyl (C=O) groups excluding carboxylic acids is 1. The maximum Gasteiger partial charge on any atom is 0.352 e. The molecule has 4 rings (SSSR count). The molecular weight excluding hydrogens is 322 g/mol. The second-order valence-electron chi connectivity index (χ2n) is 5.38. The summed E-state index contributed by atoms with van der Waals surface area (Å²) in [7, 11) is 0. The van der Waals surface area contributed by atoms with Gasteiger partial charge >= 0.3 is 11.6 Å². The minimum atomic E-state index is -0.894. The lowest BCUT2D eigenvalue weighted by Crippen LogP contribution is -2.19. The van der Waals surface area contributed by atoms with Gasteiger partial charge in [0, 0.05) is 16.2 Å². The Morgan fingerprint density at radius 3 is 2.52 bits per heavy atom. The molecule has 0 radical (unpaired) electrons. The van der Waals surface area contributed by atoms with E-state index in [1.165, 1.54) is 0 Å². The average Bonchev–Trinajstić information content (AvgIpc) is 2.99. The molecule has 25 heavy (non-hydrogen) atoms. The van der Waals surface area contributed by atoms with Gasteiger partial charge < -0.3 is 13.6 Å². The second kappa shape index (κ2) is 5.49. The standard InChI is InChI=1S/C19H11NO5/c1-2-23-18(21)17-11(9-20)16-14(25-19(17)22)8-7-13-15(16)10-5-3-4-6-12(10)24-13/h3-8H,2H2,1H3. The molecule has 0 spiro atoms. The molecule has 0 unspecified atom stereocenters. The summed E-state index contributed by atoms with van der Waals surface area (Å²) in [6, 6.07) is 12.5. The molecule has 0 aliphatic heterocycles. The molecule has 0 saturated heterocycles. The number of carbonyl (C=O) groups is 1. The van der Waals surface area contributed by atoms with Crippen LogP contribution in [0.5, 0.6) is 0 Å². The highest BCUT2D eigenvalue weighted by Crippen LogP contribution is 2.36. The number of esters is 1. The van der Waals surface area contributed by atoms with Gasteiger partial charge in [-0.25, -0.2) is 9.59 Å². The van der Waals surface area contributed by atoms with Crippen molar-refractivity contribution in [3.8, 4) is 6.07 Å². The van der Waals surface area contributed by atoms with Crippen LogP contribution in [-0.4, -0.2) is 12.6 Å². The van der Waals surface area contributed by atoms with Crippen molar-refractivity contribution in [2.45, 2.75) is 6.92 Å².